The molecule has 39 heavy (non-hydrogen) atoms. The predicted octanol–water partition coefficient (Wildman–Crippen LogP) is 6.01. The molecule has 1 atom stereocenters. The SMILES string of the molecule is CCNC(=O)[C@H](C)N(Cc1ccc(Cl)cc1Cl)C(=O)CN(c1ccc(Cl)cc1C)S(=O)(=O)c1ccc(C)cc1. The van der Waals surface area contributed by atoms with E-state index >= 15 is 0 Å². The molecular weight excluding hydrogens is 581 g/mol. The second-order valence-electron chi connectivity index (χ2n) is 9.08. The Hall–Kier alpha value is -2.78. The molecule has 3 aromatic rings. The fraction of sp³-hybridized carbons (Fsp3) is 0.286. The Morgan fingerprint density at radius 1 is 0.923 bits per heavy atom. The zero-order valence-corrected chi connectivity index (χ0v) is 25.1. The average Bonchev–Trinajstić information content (AvgIpc) is 2.87. The van der Waals surface area contributed by atoms with Crippen molar-refractivity contribution in [3.63, 3.8) is 0 Å². The Labute approximate surface area is 244 Å². The summed E-state index contributed by atoms with van der Waals surface area (Å²) in [6.07, 6.45) is 0. The van der Waals surface area contributed by atoms with Crippen molar-refractivity contribution >= 4 is 62.3 Å². The van der Waals surface area contributed by atoms with E-state index in [1.807, 2.05) is 6.92 Å². The van der Waals surface area contributed by atoms with Gasteiger partial charge in [0.05, 0.1) is 10.6 Å². The Kier molecular flexibility index (Phi) is 10.3. The van der Waals surface area contributed by atoms with Crippen LogP contribution in [0.1, 0.15) is 30.5 Å². The van der Waals surface area contributed by atoms with Gasteiger partial charge in [-0.1, -0.05) is 58.6 Å². The molecule has 0 unspecified atom stereocenters. The van der Waals surface area contributed by atoms with Crippen molar-refractivity contribution in [1.82, 2.24) is 10.2 Å². The number of aryl methyl sites for hydroxylation is 2. The Morgan fingerprint density at radius 2 is 1.54 bits per heavy atom. The second kappa shape index (κ2) is 13.0. The van der Waals surface area contributed by atoms with Crippen LogP contribution in [0, 0.1) is 13.8 Å². The van der Waals surface area contributed by atoms with Crippen LogP contribution in [-0.4, -0.2) is 44.3 Å². The number of likely N-dealkylation sites (N-methyl/N-ethyl adjacent to an activating group) is 1. The first-order valence-electron chi connectivity index (χ1n) is 12.2. The minimum Gasteiger partial charge on any atom is -0.355 e. The van der Waals surface area contributed by atoms with E-state index in [2.05, 4.69) is 5.32 Å². The molecule has 0 saturated heterocycles. The highest BCUT2D eigenvalue weighted by Crippen LogP contribution is 2.30. The van der Waals surface area contributed by atoms with Crippen LogP contribution in [0.25, 0.3) is 0 Å². The number of hydrogen-bond donors (Lipinski definition) is 1. The van der Waals surface area contributed by atoms with Gasteiger partial charge in [-0.3, -0.25) is 13.9 Å². The maximum Gasteiger partial charge on any atom is 0.264 e. The van der Waals surface area contributed by atoms with Crippen molar-refractivity contribution in [2.45, 2.75) is 45.2 Å². The molecule has 1 N–H and O–H groups in total. The highest BCUT2D eigenvalue weighted by Gasteiger charge is 2.33. The van der Waals surface area contributed by atoms with Crippen molar-refractivity contribution in [1.29, 1.82) is 0 Å². The highest BCUT2D eigenvalue weighted by molar-refractivity contribution is 7.92. The lowest BCUT2D eigenvalue weighted by Gasteiger charge is -2.32. The van der Waals surface area contributed by atoms with E-state index < -0.39 is 28.5 Å². The molecule has 0 spiro atoms. The third-order valence-corrected chi connectivity index (χ3v) is 8.79. The molecule has 0 aliphatic rings. The number of carbonyl (C=O) groups is 2. The Morgan fingerprint density at radius 3 is 2.13 bits per heavy atom. The standard InChI is InChI=1S/C28H30Cl3N3O4S/c1-5-32-28(36)20(4)33(16-21-8-9-23(30)15-25(21)31)27(35)17-34(26-13-10-22(29)14-19(26)3)39(37,38)24-11-6-18(2)7-12-24/h6-15,20H,5,16-17H2,1-4H3,(H,32,36)/t20-/m0/s1. The summed E-state index contributed by atoms with van der Waals surface area (Å²) in [5.41, 5.74) is 2.31. The van der Waals surface area contributed by atoms with E-state index in [1.54, 1.807) is 69.3 Å². The molecule has 3 aromatic carbocycles. The molecule has 2 amide bonds. The van der Waals surface area contributed by atoms with Crippen LogP contribution in [0.3, 0.4) is 0 Å². The van der Waals surface area contributed by atoms with E-state index in [0.29, 0.717) is 38.4 Å². The topological polar surface area (TPSA) is 86.8 Å². The quantitative estimate of drug-likeness (QED) is 0.305. The number of benzene rings is 3. The number of carbonyl (C=O) groups excluding carboxylic acids is 2. The average molecular weight is 611 g/mol. The van der Waals surface area contributed by atoms with Crippen molar-refractivity contribution in [2.75, 3.05) is 17.4 Å². The molecule has 0 fully saturated rings. The van der Waals surface area contributed by atoms with Crippen LogP contribution in [-0.2, 0) is 26.2 Å². The maximum atomic E-state index is 13.9. The van der Waals surface area contributed by atoms with Gasteiger partial charge in [-0.05, 0) is 81.3 Å². The van der Waals surface area contributed by atoms with Gasteiger partial charge in [0.2, 0.25) is 11.8 Å². The van der Waals surface area contributed by atoms with Crippen molar-refractivity contribution < 1.29 is 18.0 Å². The number of rotatable bonds is 10. The van der Waals surface area contributed by atoms with Crippen LogP contribution in [0.4, 0.5) is 5.69 Å². The fourth-order valence-corrected chi connectivity index (χ4v) is 6.16. The van der Waals surface area contributed by atoms with Gasteiger partial charge in [-0.2, -0.15) is 0 Å². The summed E-state index contributed by atoms with van der Waals surface area (Å²) >= 11 is 18.6. The first-order valence-corrected chi connectivity index (χ1v) is 14.8. The van der Waals surface area contributed by atoms with Crippen LogP contribution >= 0.6 is 34.8 Å². The van der Waals surface area contributed by atoms with Crippen LogP contribution in [0.5, 0.6) is 0 Å². The van der Waals surface area contributed by atoms with Crippen molar-refractivity contribution in [3.8, 4) is 0 Å². The minimum absolute atomic E-state index is 0.0271. The summed E-state index contributed by atoms with van der Waals surface area (Å²) in [6, 6.07) is 15.0. The van der Waals surface area contributed by atoms with Gasteiger partial charge in [0.25, 0.3) is 10.0 Å². The number of nitrogens with zero attached hydrogens (tertiary/aromatic N) is 2. The zero-order valence-electron chi connectivity index (χ0n) is 22.0. The van der Waals surface area contributed by atoms with Gasteiger partial charge < -0.3 is 10.2 Å². The number of nitrogens with one attached hydrogen (secondary N) is 1. The normalized spacial score (nSPS) is 12.1. The summed E-state index contributed by atoms with van der Waals surface area (Å²) < 4.78 is 28.9. The van der Waals surface area contributed by atoms with E-state index in [4.69, 9.17) is 34.8 Å². The number of amides is 2. The van der Waals surface area contributed by atoms with Gasteiger partial charge in [0.15, 0.2) is 0 Å². The zero-order chi connectivity index (χ0) is 28.9. The van der Waals surface area contributed by atoms with Gasteiger partial charge in [-0.15, -0.1) is 0 Å². The number of hydrogen-bond acceptors (Lipinski definition) is 4. The molecule has 208 valence electrons. The monoisotopic (exact) mass is 609 g/mol. The molecule has 0 aromatic heterocycles. The second-order valence-corrected chi connectivity index (χ2v) is 12.2. The molecule has 0 radical (unpaired) electrons. The molecule has 0 aliphatic heterocycles. The van der Waals surface area contributed by atoms with Gasteiger partial charge in [0.1, 0.15) is 12.6 Å². The van der Waals surface area contributed by atoms with Crippen molar-refractivity contribution in [2.24, 2.45) is 0 Å². The summed E-state index contributed by atoms with van der Waals surface area (Å²) in [5.74, 6) is -0.976. The van der Waals surface area contributed by atoms with Gasteiger partial charge in [0, 0.05) is 28.2 Å². The largest absolute Gasteiger partial charge is 0.355 e. The molecule has 0 saturated carbocycles. The molecule has 11 heteroatoms. The molecule has 0 heterocycles. The third kappa shape index (κ3) is 7.45. The first kappa shape index (κ1) is 30.8. The summed E-state index contributed by atoms with van der Waals surface area (Å²) in [6.45, 7) is 6.68. The van der Waals surface area contributed by atoms with E-state index in [1.165, 1.54) is 17.0 Å². The van der Waals surface area contributed by atoms with E-state index in [0.717, 1.165) is 9.87 Å². The van der Waals surface area contributed by atoms with Crippen LogP contribution in [0.2, 0.25) is 15.1 Å². The molecular formula is C28H30Cl3N3O4S. The fourth-order valence-electron chi connectivity index (χ4n) is 3.99. The summed E-state index contributed by atoms with van der Waals surface area (Å²) in [4.78, 5) is 28.1. The predicted molar refractivity (Wildman–Crippen MR) is 157 cm³/mol. The summed E-state index contributed by atoms with van der Waals surface area (Å²) in [7, 11) is -4.18. The first-order chi connectivity index (χ1) is 18.3. The lowest BCUT2D eigenvalue weighted by molar-refractivity contribution is -0.139. The van der Waals surface area contributed by atoms with Gasteiger partial charge >= 0.3 is 0 Å². The Bertz CT molecular complexity index is 1460. The number of sulfonamides is 1. The van der Waals surface area contributed by atoms with Crippen molar-refractivity contribution in [3.05, 3.63) is 92.4 Å². The molecule has 0 aliphatic carbocycles. The summed E-state index contributed by atoms with van der Waals surface area (Å²) in [5, 5.41) is 3.89. The Balaban J connectivity index is 2.08. The number of halogens is 3. The van der Waals surface area contributed by atoms with Crippen LogP contribution in [0.15, 0.2) is 65.6 Å². The van der Waals surface area contributed by atoms with E-state index in [9.17, 15) is 18.0 Å². The molecule has 7 nitrogen and oxygen atoms in total. The maximum absolute atomic E-state index is 13.9. The molecule has 3 rings (SSSR count). The lowest BCUT2D eigenvalue weighted by atomic mass is 10.1. The third-order valence-electron chi connectivity index (χ3n) is 6.19. The smallest absolute Gasteiger partial charge is 0.264 e. The molecule has 0 bridgehead atoms. The number of anilines is 1. The van der Waals surface area contributed by atoms with E-state index in [-0.39, 0.29) is 17.3 Å². The lowest BCUT2D eigenvalue weighted by Crippen LogP contribution is -2.51. The minimum atomic E-state index is -4.18. The highest BCUT2D eigenvalue weighted by atomic mass is 35.5. The van der Waals surface area contributed by atoms with Gasteiger partial charge in [-0.25, -0.2) is 8.42 Å². The van der Waals surface area contributed by atoms with Crippen LogP contribution < -0.4 is 9.62 Å².